The highest BCUT2D eigenvalue weighted by Gasteiger charge is 2.48. The summed E-state index contributed by atoms with van der Waals surface area (Å²) in [4.78, 5) is 40.1. The summed E-state index contributed by atoms with van der Waals surface area (Å²) < 4.78 is 15.0. The first kappa shape index (κ1) is 24.3. The molecule has 2 amide bonds. The highest BCUT2D eigenvalue weighted by atomic mass is 32.2. The van der Waals surface area contributed by atoms with Gasteiger partial charge in [0.2, 0.25) is 5.91 Å². The van der Waals surface area contributed by atoms with Crippen molar-refractivity contribution >= 4 is 29.5 Å². The van der Waals surface area contributed by atoms with Crippen molar-refractivity contribution in [1.82, 2.24) is 9.80 Å². The van der Waals surface area contributed by atoms with Crippen LogP contribution in [0.4, 0.5) is 4.39 Å². The molecule has 0 aromatic heterocycles. The summed E-state index contributed by atoms with van der Waals surface area (Å²) in [5.74, 6) is -4.04. The van der Waals surface area contributed by atoms with Crippen molar-refractivity contribution < 1.29 is 38.6 Å². The summed E-state index contributed by atoms with van der Waals surface area (Å²) in [6.07, 6.45) is 2.08. The van der Waals surface area contributed by atoms with E-state index in [1.807, 2.05) is 7.05 Å². The summed E-state index contributed by atoms with van der Waals surface area (Å²) in [5, 5.41) is 28.9. The largest absolute Gasteiger partial charge is 0.504 e. The number of carbonyl (C=O) groups is 3. The topological polar surface area (TPSA) is 118 Å². The van der Waals surface area contributed by atoms with Crippen LogP contribution in [0, 0.1) is 5.82 Å². The molecule has 1 aromatic carbocycles. The molecule has 9 nitrogen and oxygen atoms in total. The molecule has 0 radical (unpaired) electrons. The summed E-state index contributed by atoms with van der Waals surface area (Å²) >= 11 is 1.58. The number of aliphatic carboxylic acids is 1. The zero-order valence-corrected chi connectivity index (χ0v) is 20.0. The second-order valence-corrected chi connectivity index (χ2v) is 10.5. The van der Waals surface area contributed by atoms with E-state index in [4.69, 9.17) is 0 Å². The quantitative estimate of drug-likeness (QED) is 0.301. The number of fused-ring (bicyclic) bond motifs is 1. The molecular formula is C23H29FN3O6S+. The Balaban J connectivity index is 1.56. The molecule has 34 heavy (non-hydrogen) atoms. The average molecular weight is 495 g/mol. The molecule has 3 aliphatic heterocycles. The number of amides is 2. The normalized spacial score (nSPS) is 26.3. The Hall–Kier alpha value is -2.79. The minimum Gasteiger partial charge on any atom is -0.504 e. The van der Waals surface area contributed by atoms with Crippen molar-refractivity contribution in [3.05, 3.63) is 34.8 Å². The molecule has 3 heterocycles. The van der Waals surface area contributed by atoms with Gasteiger partial charge in [0, 0.05) is 30.7 Å². The van der Waals surface area contributed by atoms with Crippen molar-refractivity contribution in [1.29, 1.82) is 0 Å². The highest BCUT2D eigenvalue weighted by Crippen LogP contribution is 2.41. The molecular weight excluding hydrogens is 465 g/mol. The number of halogens is 1. The monoisotopic (exact) mass is 494 g/mol. The Bertz CT molecular complexity index is 1080. The maximum absolute atomic E-state index is 14.5. The van der Waals surface area contributed by atoms with E-state index in [-0.39, 0.29) is 28.6 Å². The smallest absolute Gasteiger partial charge is 0.352 e. The molecule has 3 aliphatic rings. The number of rotatable bonds is 7. The summed E-state index contributed by atoms with van der Waals surface area (Å²) in [6, 6.07) is 2.23. The number of phenolic OH excluding ortho intramolecular Hbond substituents is 2. The fourth-order valence-corrected chi connectivity index (χ4v) is 6.47. The van der Waals surface area contributed by atoms with E-state index in [2.05, 4.69) is 0 Å². The van der Waals surface area contributed by atoms with Crippen molar-refractivity contribution in [2.45, 2.75) is 37.6 Å². The molecule has 1 aromatic rings. The fraction of sp³-hybridized carbons (Fsp3) is 0.522. The van der Waals surface area contributed by atoms with Crippen molar-refractivity contribution in [2.24, 2.45) is 0 Å². The van der Waals surface area contributed by atoms with Gasteiger partial charge in [0.1, 0.15) is 18.3 Å². The number of likely N-dealkylation sites (tertiary alicyclic amines) is 1. The Labute approximate surface area is 201 Å². The van der Waals surface area contributed by atoms with Crippen LogP contribution in [0.15, 0.2) is 23.4 Å². The molecule has 2 saturated heterocycles. The predicted octanol–water partition coefficient (Wildman–Crippen LogP) is 1.95. The number of quaternary nitrogens is 1. The second-order valence-electron chi connectivity index (χ2n) is 9.29. The average Bonchev–Trinajstić information content (AvgIpc) is 3.14. The predicted molar refractivity (Wildman–Crippen MR) is 123 cm³/mol. The van der Waals surface area contributed by atoms with Crippen LogP contribution in [-0.4, -0.2) is 97.8 Å². The van der Waals surface area contributed by atoms with Gasteiger partial charge in [0.25, 0.3) is 5.91 Å². The lowest BCUT2D eigenvalue weighted by Gasteiger charge is -2.46. The third-order valence-corrected chi connectivity index (χ3v) is 8.48. The van der Waals surface area contributed by atoms with Crippen LogP contribution >= 0.6 is 11.8 Å². The van der Waals surface area contributed by atoms with Crippen LogP contribution in [0.5, 0.6) is 11.5 Å². The fourth-order valence-electron chi connectivity index (χ4n) is 5.21. The minimum atomic E-state index is -1.16. The van der Waals surface area contributed by atoms with Gasteiger partial charge in [-0.25, -0.2) is 9.18 Å². The Morgan fingerprint density at radius 2 is 2.06 bits per heavy atom. The van der Waals surface area contributed by atoms with Crippen LogP contribution in [0.1, 0.15) is 36.5 Å². The number of aromatic hydroxyl groups is 2. The van der Waals surface area contributed by atoms with Crippen molar-refractivity contribution in [3.63, 3.8) is 0 Å². The van der Waals surface area contributed by atoms with Gasteiger partial charge in [0.15, 0.2) is 17.3 Å². The van der Waals surface area contributed by atoms with Crippen LogP contribution in [0.2, 0.25) is 0 Å². The number of benzene rings is 1. The van der Waals surface area contributed by atoms with E-state index in [1.165, 1.54) is 9.80 Å². The van der Waals surface area contributed by atoms with Crippen LogP contribution in [0.25, 0.3) is 0 Å². The Kier molecular flexibility index (Phi) is 6.52. The number of carboxylic acids is 1. The van der Waals surface area contributed by atoms with E-state index in [9.17, 15) is 34.1 Å². The van der Waals surface area contributed by atoms with Crippen molar-refractivity contribution in [2.75, 3.05) is 39.0 Å². The number of thioether (sulfide) groups is 1. The number of carbonyl (C=O) groups excluding carboxylic acids is 2. The highest BCUT2D eigenvalue weighted by molar-refractivity contribution is 8.00. The van der Waals surface area contributed by atoms with E-state index >= 15 is 0 Å². The van der Waals surface area contributed by atoms with Gasteiger partial charge in [-0.2, -0.15) is 0 Å². The number of phenols is 2. The first-order chi connectivity index (χ1) is 16.1. The zero-order valence-electron chi connectivity index (χ0n) is 19.2. The number of carboxylic acid groups (broad SMARTS) is 1. The molecule has 4 rings (SSSR count). The summed E-state index contributed by atoms with van der Waals surface area (Å²) in [5.41, 5.74) is 0.501. The molecule has 11 heteroatoms. The van der Waals surface area contributed by atoms with E-state index in [0.717, 1.165) is 37.1 Å². The number of nitrogens with zero attached hydrogens (tertiary/aromatic N) is 3. The van der Waals surface area contributed by atoms with Crippen LogP contribution in [0.3, 0.4) is 0 Å². The maximum Gasteiger partial charge on any atom is 0.352 e. The molecule has 0 spiro atoms. The first-order valence-corrected chi connectivity index (χ1v) is 12.3. The second kappa shape index (κ2) is 9.10. The summed E-state index contributed by atoms with van der Waals surface area (Å²) in [7, 11) is 2.03. The lowest BCUT2D eigenvalue weighted by molar-refractivity contribution is -0.916. The van der Waals surface area contributed by atoms with Gasteiger partial charge in [-0.05, 0) is 19.1 Å². The summed E-state index contributed by atoms with van der Waals surface area (Å²) in [6.45, 7) is 3.69. The minimum absolute atomic E-state index is 0.00460. The van der Waals surface area contributed by atoms with Crippen molar-refractivity contribution in [3.8, 4) is 11.5 Å². The SMILES string of the molecule is CCN(C[C@@H]1CCC[N@@+]1(C)CC1=C(C(=O)O)N2C(=O)C[C@H]2SC1)C(=O)c1ccc(O)c(O)c1F. The number of hydrogen-bond acceptors (Lipinski definition) is 6. The van der Waals surface area contributed by atoms with E-state index in [0.29, 0.717) is 36.3 Å². The molecule has 184 valence electrons. The lowest BCUT2D eigenvalue weighted by Crippen LogP contribution is -2.58. The van der Waals surface area contributed by atoms with Gasteiger partial charge >= 0.3 is 5.97 Å². The third kappa shape index (κ3) is 4.11. The Morgan fingerprint density at radius 1 is 1.32 bits per heavy atom. The van der Waals surface area contributed by atoms with Gasteiger partial charge in [-0.15, -0.1) is 11.8 Å². The molecule has 3 N–H and O–H groups in total. The molecule has 0 bridgehead atoms. The molecule has 3 atom stereocenters. The van der Waals surface area contributed by atoms with Gasteiger partial charge in [-0.3, -0.25) is 14.5 Å². The number of hydrogen-bond donors (Lipinski definition) is 3. The van der Waals surface area contributed by atoms with E-state index in [1.54, 1.807) is 18.7 Å². The molecule has 0 saturated carbocycles. The van der Waals surface area contributed by atoms with Gasteiger partial charge in [0.05, 0.1) is 37.5 Å². The van der Waals surface area contributed by atoms with Crippen LogP contribution in [-0.2, 0) is 9.59 Å². The van der Waals surface area contributed by atoms with Gasteiger partial charge < -0.3 is 24.7 Å². The number of β-lactam (4-membered cyclic amide) rings is 1. The molecule has 0 unspecified atom stereocenters. The van der Waals surface area contributed by atoms with E-state index < -0.39 is 29.2 Å². The maximum atomic E-state index is 14.5. The zero-order chi connectivity index (χ0) is 24.8. The lowest BCUT2D eigenvalue weighted by atomic mass is 10.1. The Morgan fingerprint density at radius 3 is 2.71 bits per heavy atom. The first-order valence-electron chi connectivity index (χ1n) is 11.3. The standard InChI is InChI=1S/C23H28FN3O6S/c1-3-25(22(31)15-6-7-16(28)21(30)19(15)24)10-14-5-4-8-27(14,2)11-13-12-34-18-9-17(29)26(18)20(13)23(32)33/h6-7,14,18H,3-5,8-12H2,1-2H3,(H2-,28,30,31,32,33)/p+1/t14-,18+,27-/m0/s1. The van der Waals surface area contributed by atoms with Gasteiger partial charge in [-0.1, -0.05) is 0 Å². The number of likely N-dealkylation sites (N-methyl/N-ethyl adjacent to an activating group) is 2. The molecule has 2 fully saturated rings. The van der Waals surface area contributed by atoms with Crippen LogP contribution < -0.4 is 0 Å². The third-order valence-electron chi connectivity index (χ3n) is 7.20. The molecule has 0 aliphatic carbocycles.